The van der Waals surface area contributed by atoms with E-state index in [4.69, 9.17) is 5.73 Å². The molecule has 4 rings (SSSR count). The van der Waals surface area contributed by atoms with Gasteiger partial charge in [-0.2, -0.15) is 0 Å². The first-order valence-corrected chi connectivity index (χ1v) is 10.8. The first kappa shape index (κ1) is 20.6. The van der Waals surface area contributed by atoms with E-state index in [1.807, 2.05) is 48.6 Å². The number of benzene rings is 1. The number of hydrogen-bond acceptors (Lipinski definition) is 6. The van der Waals surface area contributed by atoms with E-state index in [1.165, 1.54) is 4.88 Å². The van der Waals surface area contributed by atoms with Gasteiger partial charge in [0.05, 0.1) is 11.4 Å². The van der Waals surface area contributed by atoms with Gasteiger partial charge in [-0.05, 0) is 41.3 Å². The van der Waals surface area contributed by atoms with E-state index in [2.05, 4.69) is 32.0 Å². The minimum Gasteiger partial charge on any atom is -0.397 e. The first-order chi connectivity index (χ1) is 15.2. The minimum atomic E-state index is -0.194. The van der Waals surface area contributed by atoms with Crippen molar-refractivity contribution in [2.45, 2.75) is 6.42 Å². The van der Waals surface area contributed by atoms with Gasteiger partial charge in [0, 0.05) is 41.7 Å². The molecule has 3 aromatic rings. The number of carbonyl (C=O) groups is 1. The fourth-order valence-corrected chi connectivity index (χ4v) is 3.91. The zero-order valence-electron chi connectivity index (χ0n) is 16.9. The molecular weight excluding hydrogens is 406 g/mol. The summed E-state index contributed by atoms with van der Waals surface area (Å²) in [5, 5.41) is 8.20. The Morgan fingerprint density at radius 2 is 2.00 bits per heavy atom. The van der Waals surface area contributed by atoms with Gasteiger partial charge >= 0.3 is 0 Å². The number of rotatable bonds is 7. The zero-order valence-corrected chi connectivity index (χ0v) is 17.7. The average molecular weight is 430 g/mol. The summed E-state index contributed by atoms with van der Waals surface area (Å²) in [7, 11) is 0. The van der Waals surface area contributed by atoms with Crippen LogP contribution in [-0.4, -0.2) is 22.4 Å². The zero-order chi connectivity index (χ0) is 21.5. The van der Waals surface area contributed by atoms with Crippen LogP contribution >= 0.6 is 11.3 Å². The normalized spacial score (nSPS) is 15.2. The van der Waals surface area contributed by atoms with Crippen LogP contribution in [0.1, 0.15) is 10.4 Å². The van der Waals surface area contributed by atoms with Gasteiger partial charge in [0.25, 0.3) is 5.91 Å². The topological polar surface area (TPSA) is 92.9 Å². The summed E-state index contributed by atoms with van der Waals surface area (Å²) in [6.07, 6.45) is 13.7. The molecule has 1 atom stereocenters. The van der Waals surface area contributed by atoms with Crippen molar-refractivity contribution < 1.29 is 4.79 Å². The fraction of sp³-hybridized carbons (Fsp3) is 0.125. The van der Waals surface area contributed by atoms with Gasteiger partial charge in [0.1, 0.15) is 0 Å². The number of nitrogen functional groups attached to an aromatic ring is 1. The Labute approximate surface area is 185 Å². The predicted molar refractivity (Wildman–Crippen MR) is 127 cm³/mol. The molecule has 6 nitrogen and oxygen atoms in total. The molecule has 31 heavy (non-hydrogen) atoms. The smallest absolute Gasteiger partial charge is 0.255 e. The molecule has 0 bridgehead atoms. The number of nitrogens with one attached hydrogen (secondary N) is 2. The molecule has 1 amide bonds. The van der Waals surface area contributed by atoms with Crippen LogP contribution in [0.3, 0.4) is 0 Å². The largest absolute Gasteiger partial charge is 0.397 e. The van der Waals surface area contributed by atoms with Crippen molar-refractivity contribution in [3.8, 4) is 0 Å². The summed E-state index contributed by atoms with van der Waals surface area (Å²) >= 11 is 1.71. The van der Waals surface area contributed by atoms with E-state index in [1.54, 1.807) is 35.9 Å². The minimum absolute atomic E-state index is 0.115. The Bertz CT molecular complexity index is 1120. The second kappa shape index (κ2) is 9.86. The standard InChI is InChI=1S/C24H23N5OS/c25-21-10-8-18(14-20-6-2-13-31-20)15-22(21)29-23(30)19-5-1-4-17(7-9-19)16-28-24-26-11-3-12-27-24/h1-13,15,17H,14,16,25H2,(H,29,30)(H,26,27,28). The molecule has 7 heteroatoms. The monoisotopic (exact) mass is 429 g/mol. The molecule has 156 valence electrons. The summed E-state index contributed by atoms with van der Waals surface area (Å²) in [6, 6.07) is 11.7. The molecule has 0 saturated heterocycles. The van der Waals surface area contributed by atoms with Gasteiger partial charge in [-0.15, -0.1) is 11.3 Å². The maximum absolute atomic E-state index is 12.8. The number of allylic oxidation sites excluding steroid dienone is 2. The van der Waals surface area contributed by atoms with E-state index in [-0.39, 0.29) is 11.8 Å². The molecule has 0 radical (unpaired) electrons. The summed E-state index contributed by atoms with van der Waals surface area (Å²) in [4.78, 5) is 22.4. The Morgan fingerprint density at radius 3 is 2.81 bits per heavy atom. The van der Waals surface area contributed by atoms with Crippen molar-refractivity contribution in [1.82, 2.24) is 9.97 Å². The number of anilines is 3. The number of aromatic nitrogens is 2. The van der Waals surface area contributed by atoms with Crippen molar-refractivity contribution in [2.24, 2.45) is 5.92 Å². The average Bonchev–Trinajstić information content (AvgIpc) is 3.18. The lowest BCUT2D eigenvalue weighted by Gasteiger charge is -2.11. The molecule has 2 heterocycles. The number of nitrogens with zero attached hydrogens (tertiary/aromatic N) is 2. The summed E-state index contributed by atoms with van der Waals surface area (Å²) in [6.45, 7) is 0.636. The van der Waals surface area contributed by atoms with E-state index in [9.17, 15) is 4.79 Å². The lowest BCUT2D eigenvalue weighted by atomic mass is 10.1. The molecule has 1 unspecified atom stereocenters. The highest BCUT2D eigenvalue weighted by atomic mass is 32.1. The maximum atomic E-state index is 12.8. The van der Waals surface area contributed by atoms with Crippen molar-refractivity contribution >= 4 is 34.6 Å². The first-order valence-electron chi connectivity index (χ1n) is 9.97. The Hall–Kier alpha value is -3.71. The Balaban J connectivity index is 1.38. The molecule has 1 aliphatic carbocycles. The summed E-state index contributed by atoms with van der Waals surface area (Å²) in [5.41, 5.74) is 8.94. The Morgan fingerprint density at radius 1 is 1.13 bits per heavy atom. The van der Waals surface area contributed by atoms with Crippen LogP contribution in [0.2, 0.25) is 0 Å². The molecular formula is C24H23N5OS. The highest BCUT2D eigenvalue weighted by Crippen LogP contribution is 2.24. The molecule has 1 aromatic carbocycles. The van der Waals surface area contributed by atoms with Crippen LogP contribution in [-0.2, 0) is 11.2 Å². The van der Waals surface area contributed by atoms with E-state index in [0.717, 1.165) is 12.0 Å². The van der Waals surface area contributed by atoms with Crippen LogP contribution in [0.5, 0.6) is 0 Å². The fourth-order valence-electron chi connectivity index (χ4n) is 3.17. The molecule has 0 spiro atoms. The van der Waals surface area contributed by atoms with Crippen LogP contribution < -0.4 is 16.4 Å². The van der Waals surface area contributed by atoms with Gasteiger partial charge in [0.2, 0.25) is 5.95 Å². The van der Waals surface area contributed by atoms with Gasteiger partial charge in [-0.1, -0.05) is 36.4 Å². The SMILES string of the molecule is Nc1ccc(Cc2cccs2)cc1NC(=O)C1=CC=CC(CNc2ncccn2)C=C1. The lowest BCUT2D eigenvalue weighted by Crippen LogP contribution is -2.15. The van der Waals surface area contributed by atoms with E-state index in [0.29, 0.717) is 29.4 Å². The van der Waals surface area contributed by atoms with E-state index >= 15 is 0 Å². The van der Waals surface area contributed by atoms with Gasteiger partial charge in [0.15, 0.2) is 0 Å². The highest BCUT2D eigenvalue weighted by Gasteiger charge is 2.12. The van der Waals surface area contributed by atoms with Crippen LogP contribution in [0, 0.1) is 5.92 Å². The number of nitrogens with two attached hydrogens (primary N) is 1. The van der Waals surface area contributed by atoms with Crippen molar-refractivity contribution in [2.75, 3.05) is 22.9 Å². The number of thiophene rings is 1. The Kier molecular flexibility index (Phi) is 6.54. The second-order valence-electron chi connectivity index (χ2n) is 7.12. The second-order valence-corrected chi connectivity index (χ2v) is 8.15. The van der Waals surface area contributed by atoms with E-state index < -0.39 is 0 Å². The lowest BCUT2D eigenvalue weighted by molar-refractivity contribution is -0.112. The summed E-state index contributed by atoms with van der Waals surface area (Å²) < 4.78 is 0. The predicted octanol–water partition coefficient (Wildman–Crippen LogP) is 4.43. The highest BCUT2D eigenvalue weighted by molar-refractivity contribution is 7.09. The third-order valence-corrected chi connectivity index (χ3v) is 5.68. The van der Waals surface area contributed by atoms with Crippen molar-refractivity contribution in [1.29, 1.82) is 0 Å². The third kappa shape index (κ3) is 5.67. The molecule has 0 aliphatic heterocycles. The third-order valence-electron chi connectivity index (χ3n) is 4.81. The number of carbonyl (C=O) groups excluding carboxylic acids is 1. The van der Waals surface area contributed by atoms with Crippen molar-refractivity contribution in [3.63, 3.8) is 0 Å². The van der Waals surface area contributed by atoms with Crippen LogP contribution in [0.15, 0.2) is 90.1 Å². The van der Waals surface area contributed by atoms with Crippen LogP contribution in [0.4, 0.5) is 17.3 Å². The van der Waals surface area contributed by atoms with Gasteiger partial charge in [-0.3, -0.25) is 4.79 Å². The maximum Gasteiger partial charge on any atom is 0.255 e. The van der Waals surface area contributed by atoms with Crippen LogP contribution in [0.25, 0.3) is 0 Å². The molecule has 2 aromatic heterocycles. The molecule has 4 N–H and O–H groups in total. The van der Waals surface area contributed by atoms with Gasteiger partial charge < -0.3 is 16.4 Å². The quantitative estimate of drug-likeness (QED) is 0.483. The molecule has 1 aliphatic rings. The molecule has 0 saturated carbocycles. The van der Waals surface area contributed by atoms with Gasteiger partial charge in [-0.25, -0.2) is 9.97 Å². The summed E-state index contributed by atoms with van der Waals surface area (Å²) in [5.74, 6) is 0.503. The number of amides is 1. The number of hydrogen-bond donors (Lipinski definition) is 3. The van der Waals surface area contributed by atoms with Crippen molar-refractivity contribution in [3.05, 3.63) is 101 Å². The molecule has 0 fully saturated rings.